The fourth-order valence-corrected chi connectivity index (χ4v) is 2.75. The molecule has 0 radical (unpaired) electrons. The van der Waals surface area contributed by atoms with Gasteiger partial charge < -0.3 is 10.4 Å². The molecule has 0 spiro atoms. The first-order valence-corrected chi connectivity index (χ1v) is 6.29. The molecule has 3 nitrogen and oxygen atoms in total. The molecule has 0 unspecified atom stereocenters. The molecular formula is C11H6Cl2FNO2S. The van der Waals surface area contributed by atoms with Gasteiger partial charge in [0, 0.05) is 6.07 Å². The Bertz CT molecular complexity index is 615. The van der Waals surface area contributed by atoms with Gasteiger partial charge in [-0.3, -0.25) is 4.79 Å². The molecule has 0 saturated heterocycles. The van der Waals surface area contributed by atoms with E-state index in [1.165, 1.54) is 18.2 Å². The first-order valence-electron chi connectivity index (χ1n) is 4.72. The van der Waals surface area contributed by atoms with E-state index in [1.807, 2.05) is 0 Å². The van der Waals surface area contributed by atoms with Crippen LogP contribution in [0.3, 0.4) is 0 Å². The van der Waals surface area contributed by atoms with Crippen molar-refractivity contribution >= 4 is 46.1 Å². The largest absolute Gasteiger partial charge is 0.508 e. The lowest BCUT2D eigenvalue weighted by atomic mass is 10.2. The number of aromatic hydroxyl groups is 1. The molecular weight excluding hydrogens is 300 g/mol. The van der Waals surface area contributed by atoms with Gasteiger partial charge in [0.1, 0.15) is 15.9 Å². The van der Waals surface area contributed by atoms with Gasteiger partial charge in [0.2, 0.25) is 0 Å². The van der Waals surface area contributed by atoms with Gasteiger partial charge in [-0.15, -0.1) is 11.3 Å². The zero-order valence-electron chi connectivity index (χ0n) is 8.71. The molecule has 0 bridgehead atoms. The van der Waals surface area contributed by atoms with E-state index in [2.05, 4.69) is 5.32 Å². The molecule has 0 saturated carbocycles. The number of phenols is 1. The average Bonchev–Trinajstić information content (AvgIpc) is 2.62. The highest BCUT2D eigenvalue weighted by molar-refractivity contribution is 7.20. The van der Waals surface area contributed by atoms with E-state index in [1.54, 1.807) is 0 Å². The maximum absolute atomic E-state index is 13.4. The summed E-state index contributed by atoms with van der Waals surface area (Å²) < 4.78 is 14.0. The van der Waals surface area contributed by atoms with Crippen molar-refractivity contribution in [1.82, 2.24) is 0 Å². The predicted octanol–water partition coefficient (Wildman–Crippen LogP) is 4.15. The summed E-state index contributed by atoms with van der Waals surface area (Å²) in [6.07, 6.45) is 0. The minimum absolute atomic E-state index is 0.0452. The lowest BCUT2D eigenvalue weighted by Gasteiger charge is -2.05. The molecule has 0 aliphatic rings. The maximum atomic E-state index is 13.4. The van der Waals surface area contributed by atoms with Gasteiger partial charge in [0.25, 0.3) is 5.91 Å². The van der Waals surface area contributed by atoms with Gasteiger partial charge in [0.15, 0.2) is 0 Å². The third-order valence-corrected chi connectivity index (χ3v) is 3.59. The van der Waals surface area contributed by atoms with E-state index in [9.17, 15) is 9.18 Å². The summed E-state index contributed by atoms with van der Waals surface area (Å²) >= 11 is 12.6. The summed E-state index contributed by atoms with van der Waals surface area (Å²) in [6, 6.07) is 4.82. The van der Waals surface area contributed by atoms with Crippen molar-refractivity contribution in [3.63, 3.8) is 0 Å². The van der Waals surface area contributed by atoms with Crippen molar-refractivity contribution in [2.24, 2.45) is 0 Å². The fourth-order valence-electron chi connectivity index (χ4n) is 1.29. The summed E-state index contributed by atoms with van der Waals surface area (Å²) in [5, 5.41) is 11.4. The SMILES string of the molecule is O=C(Nc1ccc(O)cc1F)c1cc(Cl)sc1Cl. The number of halogens is 3. The van der Waals surface area contributed by atoms with Crippen LogP contribution in [0.5, 0.6) is 5.75 Å². The summed E-state index contributed by atoms with van der Waals surface area (Å²) in [5.41, 5.74) is 0.135. The number of benzene rings is 1. The Morgan fingerprint density at radius 3 is 2.61 bits per heavy atom. The van der Waals surface area contributed by atoms with Crippen molar-refractivity contribution in [2.75, 3.05) is 5.32 Å². The second kappa shape index (κ2) is 5.14. The Kier molecular flexibility index (Phi) is 3.75. The second-order valence-electron chi connectivity index (χ2n) is 3.36. The minimum Gasteiger partial charge on any atom is -0.508 e. The topological polar surface area (TPSA) is 49.3 Å². The van der Waals surface area contributed by atoms with Gasteiger partial charge >= 0.3 is 0 Å². The summed E-state index contributed by atoms with van der Waals surface area (Å²) in [5.74, 6) is -1.52. The molecule has 0 atom stereocenters. The van der Waals surface area contributed by atoms with Gasteiger partial charge in [-0.05, 0) is 18.2 Å². The fraction of sp³-hybridized carbons (Fsp3) is 0. The van der Waals surface area contributed by atoms with Crippen LogP contribution in [0.4, 0.5) is 10.1 Å². The number of carbonyl (C=O) groups excluding carboxylic acids is 1. The van der Waals surface area contributed by atoms with Crippen molar-refractivity contribution in [1.29, 1.82) is 0 Å². The first-order chi connectivity index (χ1) is 8.47. The van der Waals surface area contributed by atoms with E-state index in [4.69, 9.17) is 28.3 Å². The molecule has 1 heterocycles. The van der Waals surface area contributed by atoms with Crippen LogP contribution in [0.2, 0.25) is 8.67 Å². The Balaban J connectivity index is 2.24. The van der Waals surface area contributed by atoms with E-state index in [0.29, 0.717) is 4.34 Å². The van der Waals surface area contributed by atoms with Crippen LogP contribution in [0.25, 0.3) is 0 Å². The highest BCUT2D eigenvalue weighted by Crippen LogP contribution is 2.31. The van der Waals surface area contributed by atoms with Crippen LogP contribution in [-0.4, -0.2) is 11.0 Å². The molecule has 1 aromatic heterocycles. The zero-order valence-corrected chi connectivity index (χ0v) is 11.0. The van der Waals surface area contributed by atoms with Gasteiger partial charge in [0.05, 0.1) is 15.6 Å². The number of nitrogens with one attached hydrogen (secondary N) is 1. The van der Waals surface area contributed by atoms with E-state index in [-0.39, 0.29) is 21.3 Å². The van der Waals surface area contributed by atoms with E-state index >= 15 is 0 Å². The van der Waals surface area contributed by atoms with Crippen LogP contribution in [0.1, 0.15) is 10.4 Å². The highest BCUT2D eigenvalue weighted by atomic mass is 35.5. The molecule has 94 valence electrons. The number of hydrogen-bond acceptors (Lipinski definition) is 3. The lowest BCUT2D eigenvalue weighted by molar-refractivity contribution is 0.102. The molecule has 0 fully saturated rings. The number of phenolic OH excluding ortho intramolecular Hbond substituents is 1. The number of amides is 1. The quantitative estimate of drug-likeness (QED) is 0.819. The molecule has 1 aromatic carbocycles. The summed E-state index contributed by atoms with van der Waals surface area (Å²) in [7, 11) is 0. The molecule has 0 aliphatic carbocycles. The van der Waals surface area contributed by atoms with E-state index in [0.717, 1.165) is 17.4 Å². The van der Waals surface area contributed by atoms with Crippen LogP contribution >= 0.6 is 34.5 Å². The van der Waals surface area contributed by atoms with Gasteiger partial charge in [-0.1, -0.05) is 23.2 Å². The number of anilines is 1. The van der Waals surface area contributed by atoms with Crippen molar-refractivity contribution in [2.45, 2.75) is 0 Å². The van der Waals surface area contributed by atoms with Crippen molar-refractivity contribution in [3.05, 3.63) is 44.3 Å². The molecule has 2 aromatic rings. The standard InChI is InChI=1S/C11H6Cl2FNO2S/c12-9-4-6(10(13)18-9)11(17)15-8-2-1-5(16)3-7(8)14/h1-4,16H,(H,15,17). The van der Waals surface area contributed by atoms with E-state index < -0.39 is 11.7 Å². The molecule has 2 rings (SSSR count). The first kappa shape index (κ1) is 13.1. The third-order valence-electron chi connectivity index (χ3n) is 2.10. The highest BCUT2D eigenvalue weighted by Gasteiger charge is 2.15. The molecule has 1 amide bonds. The molecule has 18 heavy (non-hydrogen) atoms. The molecule has 7 heteroatoms. The Morgan fingerprint density at radius 2 is 2.06 bits per heavy atom. The predicted molar refractivity (Wildman–Crippen MR) is 70.4 cm³/mol. The normalized spacial score (nSPS) is 10.4. The minimum atomic E-state index is -0.735. The van der Waals surface area contributed by atoms with Gasteiger partial charge in [-0.25, -0.2) is 4.39 Å². The lowest BCUT2D eigenvalue weighted by Crippen LogP contribution is -2.12. The van der Waals surface area contributed by atoms with Crippen molar-refractivity contribution in [3.8, 4) is 5.75 Å². The molecule has 2 N–H and O–H groups in total. The van der Waals surface area contributed by atoms with Crippen LogP contribution < -0.4 is 5.32 Å². The number of thiophene rings is 1. The third kappa shape index (κ3) is 2.75. The average molecular weight is 306 g/mol. The summed E-state index contributed by atoms with van der Waals surface area (Å²) in [4.78, 5) is 11.8. The molecule has 0 aliphatic heterocycles. The van der Waals surface area contributed by atoms with Crippen molar-refractivity contribution < 1.29 is 14.3 Å². The van der Waals surface area contributed by atoms with Crippen LogP contribution in [-0.2, 0) is 0 Å². The van der Waals surface area contributed by atoms with Gasteiger partial charge in [-0.2, -0.15) is 0 Å². The maximum Gasteiger partial charge on any atom is 0.258 e. The van der Waals surface area contributed by atoms with Crippen LogP contribution in [0, 0.1) is 5.82 Å². The Morgan fingerprint density at radius 1 is 1.33 bits per heavy atom. The smallest absolute Gasteiger partial charge is 0.258 e. The Hall–Kier alpha value is -1.30. The second-order valence-corrected chi connectivity index (χ2v) is 5.64. The summed E-state index contributed by atoms with van der Waals surface area (Å²) in [6.45, 7) is 0. The number of hydrogen-bond donors (Lipinski definition) is 2. The number of carbonyl (C=O) groups is 1. The monoisotopic (exact) mass is 305 g/mol. The number of rotatable bonds is 2. The zero-order chi connectivity index (χ0) is 13.3. The Labute approximate surface area is 116 Å². The van der Waals surface area contributed by atoms with Crippen LogP contribution in [0.15, 0.2) is 24.3 Å².